The molecule has 0 unspecified atom stereocenters. The van der Waals surface area contributed by atoms with Crippen LogP contribution < -0.4 is 4.74 Å². The first-order valence-corrected chi connectivity index (χ1v) is 14.7. The van der Waals surface area contributed by atoms with E-state index in [1.807, 2.05) is 24.4 Å². The molecule has 1 atom stereocenters. The normalized spacial score (nSPS) is 15.9. The Morgan fingerprint density at radius 2 is 1.89 bits per heavy atom. The minimum atomic E-state index is -3.90. The molecule has 0 aliphatic carbocycles. The Bertz CT molecular complexity index is 1340. The van der Waals surface area contributed by atoms with Crippen molar-refractivity contribution < 1.29 is 17.9 Å². The Morgan fingerprint density at radius 1 is 1.17 bits per heavy atom. The molecular formula is C26H28Cl2N2O4S2. The van der Waals surface area contributed by atoms with Crippen LogP contribution in [0.5, 0.6) is 5.75 Å². The van der Waals surface area contributed by atoms with Gasteiger partial charge >= 0.3 is 0 Å². The number of hydrogen-bond acceptors (Lipinski definition) is 5. The number of rotatable bonds is 8. The standard InChI is InChI=1S/C26H28Cl2N2O4S2/c1-17(2)30(36(32,33)21-7-4-19(27)5-8-21)15-26(31)29-12-10-25-22(11-13-35-25)24(29)16-34-20-6-9-23(28)18(3)14-20/h4-9,11,13-14,17,24H,10,12,15-16H2,1-3H3/t24-/m0/s1. The van der Waals surface area contributed by atoms with Crippen molar-refractivity contribution in [2.24, 2.45) is 0 Å². The highest BCUT2D eigenvalue weighted by atomic mass is 35.5. The summed E-state index contributed by atoms with van der Waals surface area (Å²) in [6.07, 6.45) is 0.723. The molecule has 1 aliphatic heterocycles. The van der Waals surface area contributed by atoms with Gasteiger partial charge in [-0.3, -0.25) is 4.79 Å². The largest absolute Gasteiger partial charge is 0.491 e. The average Bonchev–Trinajstić information content (AvgIpc) is 3.32. The van der Waals surface area contributed by atoms with E-state index in [9.17, 15) is 13.2 Å². The number of carbonyl (C=O) groups excluding carboxylic acids is 1. The van der Waals surface area contributed by atoms with Crippen molar-refractivity contribution in [3.63, 3.8) is 0 Å². The van der Waals surface area contributed by atoms with Gasteiger partial charge in [-0.2, -0.15) is 4.31 Å². The quantitative estimate of drug-likeness (QED) is 0.337. The lowest BCUT2D eigenvalue weighted by Gasteiger charge is -2.37. The van der Waals surface area contributed by atoms with Gasteiger partial charge in [0.1, 0.15) is 12.4 Å². The molecule has 0 saturated heterocycles. The van der Waals surface area contributed by atoms with E-state index in [1.54, 1.807) is 42.2 Å². The smallest absolute Gasteiger partial charge is 0.243 e. The molecule has 10 heteroatoms. The van der Waals surface area contributed by atoms with E-state index in [0.717, 1.165) is 17.5 Å². The van der Waals surface area contributed by atoms with Gasteiger partial charge in [-0.25, -0.2) is 8.42 Å². The Morgan fingerprint density at radius 3 is 2.56 bits per heavy atom. The van der Waals surface area contributed by atoms with Crippen LogP contribution in [0.1, 0.15) is 35.9 Å². The van der Waals surface area contributed by atoms with Crippen LogP contribution in [0.2, 0.25) is 10.0 Å². The summed E-state index contributed by atoms with van der Waals surface area (Å²) in [4.78, 5) is 16.7. The zero-order valence-corrected chi connectivity index (χ0v) is 23.4. The average molecular weight is 568 g/mol. The van der Waals surface area contributed by atoms with E-state index in [4.69, 9.17) is 27.9 Å². The second-order valence-electron chi connectivity index (χ2n) is 8.97. The van der Waals surface area contributed by atoms with Crippen molar-refractivity contribution in [3.05, 3.63) is 80.0 Å². The molecule has 0 spiro atoms. The van der Waals surface area contributed by atoms with Gasteiger partial charge in [-0.05, 0) is 92.2 Å². The Hall–Kier alpha value is -2.10. The molecule has 0 fully saturated rings. The number of benzene rings is 2. The third-order valence-corrected chi connectivity index (χ3v) is 9.95. The number of ether oxygens (including phenoxy) is 1. The highest BCUT2D eigenvalue weighted by Crippen LogP contribution is 2.34. The van der Waals surface area contributed by atoms with Gasteiger partial charge in [0.15, 0.2) is 0 Å². The molecule has 6 nitrogen and oxygen atoms in total. The molecular weight excluding hydrogens is 539 g/mol. The van der Waals surface area contributed by atoms with Gasteiger partial charge in [-0.1, -0.05) is 23.2 Å². The summed E-state index contributed by atoms with van der Waals surface area (Å²) in [5.74, 6) is 0.403. The molecule has 0 N–H and O–H groups in total. The second-order valence-corrected chi connectivity index (χ2v) is 12.7. The number of aryl methyl sites for hydroxylation is 1. The summed E-state index contributed by atoms with van der Waals surface area (Å²) in [5, 5.41) is 3.12. The molecule has 4 rings (SSSR count). The highest BCUT2D eigenvalue weighted by Gasteiger charge is 2.36. The number of hydrogen-bond donors (Lipinski definition) is 0. The van der Waals surface area contributed by atoms with Crippen LogP contribution in [-0.4, -0.2) is 49.3 Å². The number of amides is 1. The van der Waals surface area contributed by atoms with E-state index in [2.05, 4.69) is 0 Å². The summed E-state index contributed by atoms with van der Waals surface area (Å²) in [5.41, 5.74) is 1.95. The maximum absolute atomic E-state index is 13.6. The number of halogens is 2. The van der Waals surface area contributed by atoms with E-state index in [1.165, 1.54) is 33.4 Å². The van der Waals surface area contributed by atoms with Crippen molar-refractivity contribution >= 4 is 50.5 Å². The molecule has 2 aromatic carbocycles. The van der Waals surface area contributed by atoms with Crippen molar-refractivity contribution in [1.82, 2.24) is 9.21 Å². The topological polar surface area (TPSA) is 66.9 Å². The molecule has 1 amide bonds. The second kappa shape index (κ2) is 11.1. The van der Waals surface area contributed by atoms with Crippen LogP contribution in [0.3, 0.4) is 0 Å². The molecule has 0 bridgehead atoms. The minimum absolute atomic E-state index is 0.102. The zero-order chi connectivity index (χ0) is 26.0. The predicted molar refractivity (Wildman–Crippen MR) is 145 cm³/mol. The number of carbonyl (C=O) groups is 1. The van der Waals surface area contributed by atoms with Gasteiger partial charge in [0.05, 0.1) is 17.5 Å². The lowest BCUT2D eigenvalue weighted by Crippen LogP contribution is -2.49. The molecule has 2 heterocycles. The summed E-state index contributed by atoms with van der Waals surface area (Å²) < 4.78 is 34.1. The Balaban J connectivity index is 1.57. The molecule has 1 aliphatic rings. The number of thiophene rings is 1. The molecule has 3 aromatic rings. The van der Waals surface area contributed by atoms with E-state index < -0.39 is 16.1 Å². The highest BCUT2D eigenvalue weighted by molar-refractivity contribution is 7.89. The Labute approximate surface area is 226 Å². The van der Waals surface area contributed by atoms with Gasteiger partial charge in [0.2, 0.25) is 15.9 Å². The monoisotopic (exact) mass is 566 g/mol. The summed E-state index contributed by atoms with van der Waals surface area (Å²) >= 11 is 13.7. The molecule has 0 saturated carbocycles. The van der Waals surface area contributed by atoms with E-state index in [0.29, 0.717) is 22.3 Å². The van der Waals surface area contributed by atoms with E-state index >= 15 is 0 Å². The van der Waals surface area contributed by atoms with Crippen LogP contribution in [0.15, 0.2) is 58.8 Å². The zero-order valence-electron chi connectivity index (χ0n) is 20.3. The fraction of sp³-hybridized carbons (Fsp3) is 0.346. The fourth-order valence-electron chi connectivity index (χ4n) is 4.27. The Kier molecular flexibility index (Phi) is 8.32. The van der Waals surface area contributed by atoms with Crippen molar-refractivity contribution in [3.8, 4) is 5.75 Å². The van der Waals surface area contributed by atoms with Crippen molar-refractivity contribution in [2.75, 3.05) is 19.7 Å². The lowest BCUT2D eigenvalue weighted by atomic mass is 10.0. The maximum atomic E-state index is 13.6. The summed E-state index contributed by atoms with van der Waals surface area (Å²) in [6.45, 7) is 5.91. The van der Waals surface area contributed by atoms with Crippen LogP contribution in [0.25, 0.3) is 0 Å². The van der Waals surface area contributed by atoms with Crippen LogP contribution in [0, 0.1) is 6.92 Å². The third kappa shape index (κ3) is 5.73. The lowest BCUT2D eigenvalue weighted by molar-refractivity contribution is -0.135. The molecule has 192 valence electrons. The number of fused-ring (bicyclic) bond motifs is 1. The third-order valence-electron chi connectivity index (χ3n) is 6.24. The first-order valence-electron chi connectivity index (χ1n) is 11.6. The predicted octanol–water partition coefficient (Wildman–Crippen LogP) is 5.97. The van der Waals surface area contributed by atoms with Crippen LogP contribution in [0.4, 0.5) is 0 Å². The van der Waals surface area contributed by atoms with Crippen LogP contribution in [-0.2, 0) is 21.2 Å². The van der Waals surface area contributed by atoms with Gasteiger partial charge in [0.25, 0.3) is 0 Å². The molecule has 36 heavy (non-hydrogen) atoms. The SMILES string of the molecule is Cc1cc(OC[C@H]2c3ccsc3CCN2C(=O)CN(C(C)C)S(=O)(=O)c2ccc(Cl)cc2)ccc1Cl. The van der Waals surface area contributed by atoms with E-state index in [-0.39, 0.29) is 30.0 Å². The summed E-state index contributed by atoms with van der Waals surface area (Å²) in [6, 6.07) is 12.7. The number of sulfonamides is 1. The van der Waals surface area contributed by atoms with Gasteiger partial charge in [0, 0.05) is 27.5 Å². The number of nitrogens with zero attached hydrogens (tertiary/aromatic N) is 2. The first kappa shape index (κ1) is 26.9. The molecule has 0 radical (unpaired) electrons. The van der Waals surface area contributed by atoms with Crippen molar-refractivity contribution in [2.45, 2.75) is 44.2 Å². The van der Waals surface area contributed by atoms with Gasteiger partial charge < -0.3 is 9.64 Å². The maximum Gasteiger partial charge on any atom is 0.243 e. The van der Waals surface area contributed by atoms with Gasteiger partial charge in [-0.15, -0.1) is 11.3 Å². The van der Waals surface area contributed by atoms with Crippen LogP contribution >= 0.6 is 34.5 Å². The van der Waals surface area contributed by atoms with Crippen molar-refractivity contribution in [1.29, 1.82) is 0 Å². The first-order chi connectivity index (χ1) is 17.1. The summed E-state index contributed by atoms with van der Waals surface area (Å²) in [7, 11) is -3.90. The molecule has 1 aromatic heterocycles. The minimum Gasteiger partial charge on any atom is -0.491 e. The fourth-order valence-corrected chi connectivity index (χ4v) is 7.03.